The first-order valence-corrected chi connectivity index (χ1v) is 5.61. The molecule has 1 aliphatic rings. The lowest BCUT2D eigenvalue weighted by atomic mass is 10.1. The maximum Gasteiger partial charge on any atom is 0.219 e. The van der Waals surface area contributed by atoms with Crippen LogP contribution in [0.15, 0.2) is 11.6 Å². The van der Waals surface area contributed by atoms with E-state index in [1.165, 1.54) is 5.57 Å². The van der Waals surface area contributed by atoms with Crippen LogP contribution in [0.25, 0.3) is 0 Å². The first-order chi connectivity index (χ1) is 6.70. The molecule has 0 fully saturated rings. The van der Waals surface area contributed by atoms with Crippen molar-refractivity contribution in [3.63, 3.8) is 0 Å². The van der Waals surface area contributed by atoms with Gasteiger partial charge in [-0.15, -0.1) is 0 Å². The molecule has 2 heteroatoms. The summed E-state index contributed by atoms with van der Waals surface area (Å²) in [4.78, 5) is 12.7. The summed E-state index contributed by atoms with van der Waals surface area (Å²) in [7, 11) is 0. The molecule has 0 spiro atoms. The maximum absolute atomic E-state index is 10.8. The van der Waals surface area contributed by atoms with Gasteiger partial charge in [0.25, 0.3) is 0 Å². The molecule has 1 rings (SSSR count). The van der Waals surface area contributed by atoms with Crippen molar-refractivity contribution in [3.05, 3.63) is 11.6 Å². The molecular formula is C12H25NO. The van der Waals surface area contributed by atoms with Gasteiger partial charge < -0.3 is 4.90 Å². The van der Waals surface area contributed by atoms with E-state index in [1.54, 1.807) is 6.92 Å². The van der Waals surface area contributed by atoms with Gasteiger partial charge in [0.05, 0.1) is 0 Å². The van der Waals surface area contributed by atoms with E-state index < -0.39 is 0 Å². The Morgan fingerprint density at radius 2 is 1.79 bits per heavy atom. The highest BCUT2D eigenvalue weighted by molar-refractivity contribution is 5.73. The molecule has 1 aliphatic heterocycles. The molecule has 0 bridgehead atoms. The summed E-state index contributed by atoms with van der Waals surface area (Å²) in [5.74, 6) is 0.184. The van der Waals surface area contributed by atoms with Crippen molar-refractivity contribution in [3.8, 4) is 0 Å². The number of carbonyl (C=O) groups is 1. The summed E-state index contributed by atoms with van der Waals surface area (Å²) in [6, 6.07) is 0. The second-order valence-corrected chi connectivity index (χ2v) is 2.77. The summed E-state index contributed by atoms with van der Waals surface area (Å²) < 4.78 is 0. The molecule has 84 valence electrons. The first-order valence-electron chi connectivity index (χ1n) is 5.61. The Morgan fingerprint density at radius 1 is 1.29 bits per heavy atom. The van der Waals surface area contributed by atoms with E-state index in [4.69, 9.17) is 0 Å². The molecule has 2 nitrogen and oxygen atoms in total. The smallest absolute Gasteiger partial charge is 0.219 e. The summed E-state index contributed by atoms with van der Waals surface area (Å²) in [5.41, 5.74) is 1.40. The molecule has 0 aromatic rings. The van der Waals surface area contributed by atoms with Crippen LogP contribution in [0.5, 0.6) is 0 Å². The fourth-order valence-corrected chi connectivity index (χ4v) is 1.06. The normalized spacial score (nSPS) is 14.1. The van der Waals surface area contributed by atoms with Crippen LogP contribution in [0.4, 0.5) is 0 Å². The van der Waals surface area contributed by atoms with Crippen LogP contribution in [0.3, 0.4) is 0 Å². The summed E-state index contributed by atoms with van der Waals surface area (Å²) in [5, 5.41) is 0. The Bertz CT molecular complexity index is 173. The molecule has 0 saturated carbocycles. The van der Waals surface area contributed by atoms with Crippen LogP contribution in [0, 0.1) is 0 Å². The lowest BCUT2D eigenvalue weighted by Crippen LogP contribution is -2.32. The van der Waals surface area contributed by atoms with Gasteiger partial charge in [0.1, 0.15) is 0 Å². The predicted molar refractivity (Wildman–Crippen MR) is 63.3 cm³/mol. The molecule has 0 unspecified atom stereocenters. The molecule has 0 aliphatic carbocycles. The minimum absolute atomic E-state index is 0.184. The van der Waals surface area contributed by atoms with E-state index in [9.17, 15) is 4.79 Å². The van der Waals surface area contributed by atoms with Crippen molar-refractivity contribution in [2.45, 2.75) is 48.0 Å². The Balaban J connectivity index is 0. The van der Waals surface area contributed by atoms with E-state index >= 15 is 0 Å². The molecule has 0 atom stereocenters. The number of amides is 1. The number of nitrogens with zero attached hydrogens (tertiary/aromatic N) is 1. The molecule has 14 heavy (non-hydrogen) atoms. The first kappa shape index (κ1) is 15.7. The van der Waals surface area contributed by atoms with E-state index in [0.717, 1.165) is 19.5 Å². The zero-order chi connectivity index (χ0) is 11.6. The van der Waals surface area contributed by atoms with Gasteiger partial charge in [-0.25, -0.2) is 0 Å². The van der Waals surface area contributed by atoms with E-state index in [2.05, 4.69) is 13.0 Å². The van der Waals surface area contributed by atoms with E-state index in [1.807, 2.05) is 32.6 Å². The van der Waals surface area contributed by atoms with Crippen molar-refractivity contribution in [1.82, 2.24) is 4.90 Å². The third kappa shape index (κ3) is 6.70. The Hall–Kier alpha value is -0.790. The lowest BCUT2D eigenvalue weighted by molar-refractivity contribution is -0.128. The molecule has 0 aromatic carbocycles. The molecule has 1 heterocycles. The highest BCUT2D eigenvalue weighted by Crippen LogP contribution is 2.08. The molecule has 0 aromatic heterocycles. The molecule has 1 amide bonds. The van der Waals surface area contributed by atoms with Crippen molar-refractivity contribution in [2.75, 3.05) is 13.1 Å². The highest BCUT2D eigenvalue weighted by atomic mass is 16.2. The number of rotatable bonds is 0. The Labute approximate surface area is 89.0 Å². The topological polar surface area (TPSA) is 20.3 Å². The number of hydrogen-bond donors (Lipinski definition) is 0. The molecular weight excluding hydrogens is 174 g/mol. The largest absolute Gasteiger partial charge is 0.339 e. The summed E-state index contributed by atoms with van der Waals surface area (Å²) >= 11 is 0. The molecule has 0 N–H and O–H groups in total. The highest BCUT2D eigenvalue weighted by Gasteiger charge is 2.10. The second kappa shape index (κ2) is 10.3. The van der Waals surface area contributed by atoms with Crippen LogP contribution in [-0.4, -0.2) is 23.9 Å². The lowest BCUT2D eigenvalue weighted by Gasteiger charge is -2.23. The zero-order valence-corrected chi connectivity index (χ0v) is 10.6. The van der Waals surface area contributed by atoms with Crippen LogP contribution in [0.2, 0.25) is 0 Å². The van der Waals surface area contributed by atoms with Crippen LogP contribution in [-0.2, 0) is 4.79 Å². The SMILES string of the molecule is CC.CC.CC(=O)N1CC=C(C)CC1. The van der Waals surface area contributed by atoms with Gasteiger partial charge in [0.15, 0.2) is 0 Å². The van der Waals surface area contributed by atoms with E-state index in [-0.39, 0.29) is 5.91 Å². The monoisotopic (exact) mass is 199 g/mol. The third-order valence-corrected chi connectivity index (χ3v) is 1.88. The number of hydrogen-bond acceptors (Lipinski definition) is 1. The van der Waals surface area contributed by atoms with Crippen molar-refractivity contribution in [2.24, 2.45) is 0 Å². The minimum Gasteiger partial charge on any atom is -0.339 e. The predicted octanol–water partition coefficient (Wildman–Crippen LogP) is 3.24. The Kier molecular flexibility index (Phi) is 11.5. The second-order valence-electron chi connectivity index (χ2n) is 2.77. The third-order valence-electron chi connectivity index (χ3n) is 1.88. The van der Waals surface area contributed by atoms with Gasteiger partial charge in [-0.3, -0.25) is 4.79 Å². The Morgan fingerprint density at radius 3 is 2.07 bits per heavy atom. The minimum atomic E-state index is 0.184. The van der Waals surface area contributed by atoms with Gasteiger partial charge in [-0.1, -0.05) is 39.3 Å². The van der Waals surface area contributed by atoms with Gasteiger partial charge >= 0.3 is 0 Å². The van der Waals surface area contributed by atoms with Crippen molar-refractivity contribution >= 4 is 5.91 Å². The fourth-order valence-electron chi connectivity index (χ4n) is 1.06. The van der Waals surface area contributed by atoms with Crippen molar-refractivity contribution in [1.29, 1.82) is 0 Å². The molecule has 0 saturated heterocycles. The molecule has 0 radical (unpaired) electrons. The summed E-state index contributed by atoms with van der Waals surface area (Å²) in [6.07, 6.45) is 3.16. The summed E-state index contributed by atoms with van der Waals surface area (Å²) in [6.45, 7) is 13.4. The average Bonchev–Trinajstić information content (AvgIpc) is 2.24. The van der Waals surface area contributed by atoms with Gasteiger partial charge in [-0.2, -0.15) is 0 Å². The van der Waals surface area contributed by atoms with Crippen LogP contribution < -0.4 is 0 Å². The van der Waals surface area contributed by atoms with Gasteiger partial charge in [0, 0.05) is 20.0 Å². The quantitative estimate of drug-likeness (QED) is 0.548. The average molecular weight is 199 g/mol. The maximum atomic E-state index is 10.8. The van der Waals surface area contributed by atoms with Gasteiger partial charge in [-0.05, 0) is 13.3 Å². The number of carbonyl (C=O) groups excluding carboxylic acids is 1. The standard InChI is InChI=1S/C8H13NO.2C2H6/c1-7-3-5-9(6-4-7)8(2)10;2*1-2/h3H,4-6H2,1-2H3;2*1-2H3. The van der Waals surface area contributed by atoms with Crippen LogP contribution >= 0.6 is 0 Å². The van der Waals surface area contributed by atoms with Gasteiger partial charge in [0.2, 0.25) is 5.91 Å². The fraction of sp³-hybridized carbons (Fsp3) is 0.750. The zero-order valence-electron chi connectivity index (χ0n) is 10.6. The van der Waals surface area contributed by atoms with E-state index in [0.29, 0.717) is 0 Å². The van der Waals surface area contributed by atoms with Crippen LogP contribution in [0.1, 0.15) is 48.0 Å². The van der Waals surface area contributed by atoms with Crippen molar-refractivity contribution < 1.29 is 4.79 Å².